The summed E-state index contributed by atoms with van der Waals surface area (Å²) >= 11 is 0. The molecule has 4 fully saturated rings. The minimum atomic E-state index is -0.472. The van der Waals surface area contributed by atoms with Gasteiger partial charge in [-0.25, -0.2) is 0 Å². The third-order valence-electron chi connectivity index (χ3n) is 8.51. The molecule has 0 aromatic heterocycles. The van der Waals surface area contributed by atoms with Crippen LogP contribution in [0.4, 0.5) is 0 Å². The van der Waals surface area contributed by atoms with E-state index in [1.165, 1.54) is 38.5 Å². The molecule has 0 radical (unpaired) electrons. The lowest BCUT2D eigenvalue weighted by atomic mass is 9.45. The average molecular weight is 292 g/mol. The maximum atomic E-state index is 10.5. The average Bonchev–Trinajstić information content (AvgIpc) is 2.85. The highest BCUT2D eigenvalue weighted by atomic mass is 16.3. The Morgan fingerprint density at radius 3 is 2.38 bits per heavy atom. The fourth-order valence-electron chi connectivity index (χ4n) is 7.31. The van der Waals surface area contributed by atoms with Crippen LogP contribution in [0.5, 0.6) is 0 Å². The van der Waals surface area contributed by atoms with E-state index in [4.69, 9.17) is 0 Å². The van der Waals surface area contributed by atoms with Gasteiger partial charge in [0.25, 0.3) is 0 Å². The molecule has 4 rings (SSSR count). The first-order valence-corrected chi connectivity index (χ1v) is 9.32. The van der Waals surface area contributed by atoms with Crippen molar-refractivity contribution >= 4 is 0 Å². The van der Waals surface area contributed by atoms with E-state index in [1.54, 1.807) is 0 Å². The lowest BCUT2D eigenvalue weighted by molar-refractivity contribution is -0.171. The number of hydrogen-bond donors (Lipinski definition) is 2. The van der Waals surface area contributed by atoms with E-state index in [1.807, 2.05) is 0 Å². The van der Waals surface area contributed by atoms with Crippen molar-refractivity contribution < 1.29 is 10.2 Å². The van der Waals surface area contributed by atoms with E-state index in [0.717, 1.165) is 37.0 Å². The summed E-state index contributed by atoms with van der Waals surface area (Å²) in [4.78, 5) is 0. The molecular formula is C19H32O2. The van der Waals surface area contributed by atoms with Crippen molar-refractivity contribution in [1.29, 1.82) is 0 Å². The van der Waals surface area contributed by atoms with Crippen LogP contribution in [-0.2, 0) is 0 Å². The van der Waals surface area contributed by atoms with Crippen molar-refractivity contribution in [2.45, 2.75) is 83.8 Å². The van der Waals surface area contributed by atoms with E-state index >= 15 is 0 Å². The van der Waals surface area contributed by atoms with Crippen LogP contribution in [-0.4, -0.2) is 22.4 Å². The first-order valence-electron chi connectivity index (χ1n) is 9.32. The minimum absolute atomic E-state index is 0.283. The highest BCUT2D eigenvalue weighted by Gasteiger charge is 2.59. The van der Waals surface area contributed by atoms with Crippen molar-refractivity contribution in [2.24, 2.45) is 34.5 Å². The third kappa shape index (κ3) is 1.91. The zero-order valence-electron chi connectivity index (χ0n) is 13.7. The van der Waals surface area contributed by atoms with Gasteiger partial charge in [0.05, 0.1) is 12.2 Å². The summed E-state index contributed by atoms with van der Waals surface area (Å²) in [6.45, 7) is 5.00. The molecule has 0 spiro atoms. The second-order valence-electron chi connectivity index (χ2n) is 9.25. The van der Waals surface area contributed by atoms with Crippen molar-refractivity contribution in [3.8, 4) is 0 Å². The Morgan fingerprint density at radius 2 is 1.57 bits per heavy atom. The largest absolute Gasteiger partial charge is 0.390 e. The fourth-order valence-corrected chi connectivity index (χ4v) is 7.31. The molecule has 0 aliphatic heterocycles. The van der Waals surface area contributed by atoms with E-state index < -0.39 is 12.2 Å². The molecule has 0 bridgehead atoms. The van der Waals surface area contributed by atoms with E-state index in [2.05, 4.69) is 13.8 Å². The Balaban J connectivity index is 1.64. The Kier molecular flexibility index (Phi) is 3.25. The molecule has 0 amide bonds. The third-order valence-corrected chi connectivity index (χ3v) is 8.51. The SMILES string of the molecule is C[C@]12CCC[C@@H]1[C@@H]1CC[C@H]3[C@H](O)[C@H](O)CC[C@]3(C)[C@@H]1CC2. The number of rotatable bonds is 0. The summed E-state index contributed by atoms with van der Waals surface area (Å²) in [5, 5.41) is 20.6. The molecule has 2 nitrogen and oxygen atoms in total. The summed E-state index contributed by atoms with van der Waals surface area (Å²) < 4.78 is 0. The molecule has 4 aliphatic carbocycles. The van der Waals surface area contributed by atoms with Crippen molar-refractivity contribution in [2.75, 3.05) is 0 Å². The first kappa shape index (κ1) is 14.5. The molecule has 0 heterocycles. The Labute approximate surface area is 129 Å². The van der Waals surface area contributed by atoms with E-state index in [9.17, 15) is 10.2 Å². The van der Waals surface area contributed by atoms with Gasteiger partial charge in [-0.3, -0.25) is 0 Å². The van der Waals surface area contributed by atoms with Crippen LogP contribution in [0.15, 0.2) is 0 Å². The van der Waals surface area contributed by atoms with E-state index in [0.29, 0.717) is 11.3 Å². The molecule has 0 unspecified atom stereocenters. The van der Waals surface area contributed by atoms with Crippen LogP contribution < -0.4 is 0 Å². The lowest BCUT2D eigenvalue weighted by Crippen LogP contribution is -2.57. The summed E-state index contributed by atoms with van der Waals surface area (Å²) in [5.41, 5.74) is 0.905. The van der Waals surface area contributed by atoms with Gasteiger partial charge in [0, 0.05) is 0 Å². The van der Waals surface area contributed by atoms with Gasteiger partial charge in [-0.2, -0.15) is 0 Å². The molecular weight excluding hydrogens is 260 g/mol. The zero-order chi connectivity index (χ0) is 14.8. The van der Waals surface area contributed by atoms with Crippen LogP contribution >= 0.6 is 0 Å². The molecule has 21 heavy (non-hydrogen) atoms. The Morgan fingerprint density at radius 1 is 0.762 bits per heavy atom. The quantitative estimate of drug-likeness (QED) is 0.714. The molecule has 0 aromatic carbocycles. The van der Waals surface area contributed by atoms with Gasteiger partial charge in [-0.15, -0.1) is 0 Å². The van der Waals surface area contributed by atoms with Gasteiger partial charge >= 0.3 is 0 Å². The van der Waals surface area contributed by atoms with Crippen molar-refractivity contribution in [3.63, 3.8) is 0 Å². The van der Waals surface area contributed by atoms with Crippen molar-refractivity contribution in [1.82, 2.24) is 0 Å². The van der Waals surface area contributed by atoms with Gasteiger partial charge in [0.1, 0.15) is 0 Å². The van der Waals surface area contributed by atoms with Gasteiger partial charge in [-0.1, -0.05) is 20.3 Å². The summed E-state index contributed by atoms with van der Waals surface area (Å²) in [7, 11) is 0. The lowest BCUT2D eigenvalue weighted by Gasteiger charge is -2.61. The zero-order valence-corrected chi connectivity index (χ0v) is 13.7. The number of aliphatic hydroxyl groups excluding tert-OH is 2. The standard InChI is InChI=1S/C19H32O2/c1-18-9-3-4-13(18)12-5-6-15-17(21)16(20)8-11-19(15,2)14(12)7-10-18/h12-17,20-21H,3-11H2,1-2H3/t12-,13+,14+,15-,16+,17-,18+,19+/m0/s1. The maximum absolute atomic E-state index is 10.5. The van der Waals surface area contributed by atoms with E-state index in [-0.39, 0.29) is 5.41 Å². The van der Waals surface area contributed by atoms with Crippen LogP contribution in [0, 0.1) is 34.5 Å². The summed E-state index contributed by atoms with van der Waals surface area (Å²) in [6, 6.07) is 0. The van der Waals surface area contributed by atoms with Crippen LogP contribution in [0.1, 0.15) is 71.6 Å². The van der Waals surface area contributed by atoms with Gasteiger partial charge in [-0.05, 0) is 85.9 Å². The van der Waals surface area contributed by atoms with Gasteiger partial charge < -0.3 is 10.2 Å². The Hall–Kier alpha value is -0.0800. The van der Waals surface area contributed by atoms with Crippen molar-refractivity contribution in [3.05, 3.63) is 0 Å². The summed E-state index contributed by atoms with van der Waals surface area (Å²) in [6.07, 6.45) is 10.5. The molecule has 4 aliphatic rings. The summed E-state index contributed by atoms with van der Waals surface area (Å²) in [5.74, 6) is 2.98. The molecule has 0 saturated heterocycles. The maximum Gasteiger partial charge on any atom is 0.0832 e. The van der Waals surface area contributed by atoms with Crippen LogP contribution in [0.25, 0.3) is 0 Å². The molecule has 2 heteroatoms. The predicted molar refractivity (Wildman–Crippen MR) is 83.7 cm³/mol. The number of aliphatic hydroxyl groups is 2. The molecule has 2 N–H and O–H groups in total. The predicted octanol–water partition coefficient (Wildman–Crippen LogP) is 3.75. The van der Waals surface area contributed by atoms with Crippen LogP contribution in [0.2, 0.25) is 0 Å². The first-order chi connectivity index (χ1) is 9.96. The highest BCUT2D eigenvalue weighted by Crippen LogP contribution is 2.66. The van der Waals surface area contributed by atoms with Gasteiger partial charge in [0.15, 0.2) is 0 Å². The Bertz CT molecular complexity index is 422. The molecule has 0 aromatic rings. The fraction of sp³-hybridized carbons (Fsp3) is 1.00. The minimum Gasteiger partial charge on any atom is -0.390 e. The molecule has 8 atom stereocenters. The monoisotopic (exact) mass is 292 g/mol. The second kappa shape index (κ2) is 4.71. The molecule has 4 saturated carbocycles. The normalized spacial score (nSPS) is 60.0. The number of hydrogen-bond acceptors (Lipinski definition) is 2. The smallest absolute Gasteiger partial charge is 0.0832 e. The highest BCUT2D eigenvalue weighted by molar-refractivity contribution is 5.09. The van der Waals surface area contributed by atoms with Crippen LogP contribution in [0.3, 0.4) is 0 Å². The van der Waals surface area contributed by atoms with Gasteiger partial charge in [0.2, 0.25) is 0 Å². The number of fused-ring (bicyclic) bond motifs is 5. The topological polar surface area (TPSA) is 40.5 Å². The second-order valence-corrected chi connectivity index (χ2v) is 9.25. The molecule has 120 valence electrons.